The Balaban J connectivity index is 2.22. The van der Waals surface area contributed by atoms with Crippen LogP contribution < -0.4 is 0 Å². The van der Waals surface area contributed by atoms with Gasteiger partial charge in [-0.05, 0) is 43.4 Å². The standard InChI is InChI=1S/C15H20N2O3S/c1-12-3-4-14(10-16)9-15(12)21(18,19)17(2)11-13-5-7-20-8-6-13/h3-4,9,13H,5-8,11H2,1-2H3. The van der Waals surface area contributed by atoms with E-state index in [4.69, 9.17) is 10.00 Å². The third-order valence-electron chi connectivity index (χ3n) is 3.86. The van der Waals surface area contributed by atoms with Crippen LogP contribution in [0.5, 0.6) is 0 Å². The SMILES string of the molecule is Cc1ccc(C#N)cc1S(=O)(=O)N(C)CC1CCOCC1. The number of rotatable bonds is 4. The van der Waals surface area contributed by atoms with Crippen LogP contribution in [0.3, 0.4) is 0 Å². The lowest BCUT2D eigenvalue weighted by atomic mass is 10.0. The summed E-state index contributed by atoms with van der Waals surface area (Å²) < 4.78 is 32.1. The molecule has 0 aromatic heterocycles. The average Bonchev–Trinajstić information content (AvgIpc) is 2.48. The molecule has 1 fully saturated rings. The van der Waals surface area contributed by atoms with Crippen molar-refractivity contribution in [3.63, 3.8) is 0 Å². The van der Waals surface area contributed by atoms with Gasteiger partial charge in [-0.3, -0.25) is 0 Å². The largest absolute Gasteiger partial charge is 0.381 e. The van der Waals surface area contributed by atoms with E-state index >= 15 is 0 Å². The maximum atomic E-state index is 12.7. The van der Waals surface area contributed by atoms with Gasteiger partial charge in [0.05, 0.1) is 16.5 Å². The van der Waals surface area contributed by atoms with E-state index in [2.05, 4.69) is 0 Å². The normalized spacial score (nSPS) is 16.9. The highest BCUT2D eigenvalue weighted by atomic mass is 32.2. The average molecular weight is 308 g/mol. The molecule has 0 unspecified atom stereocenters. The molecule has 114 valence electrons. The van der Waals surface area contributed by atoms with Gasteiger partial charge in [-0.25, -0.2) is 12.7 Å². The van der Waals surface area contributed by atoms with Crippen molar-refractivity contribution in [3.05, 3.63) is 29.3 Å². The number of hydrogen-bond acceptors (Lipinski definition) is 4. The van der Waals surface area contributed by atoms with Gasteiger partial charge in [-0.2, -0.15) is 5.26 Å². The van der Waals surface area contributed by atoms with Crippen LogP contribution in [-0.2, 0) is 14.8 Å². The fourth-order valence-corrected chi connectivity index (χ4v) is 4.00. The lowest BCUT2D eigenvalue weighted by Gasteiger charge is -2.27. The summed E-state index contributed by atoms with van der Waals surface area (Å²) in [6, 6.07) is 6.74. The monoisotopic (exact) mass is 308 g/mol. The van der Waals surface area contributed by atoms with Crippen LogP contribution in [0, 0.1) is 24.2 Å². The molecule has 1 aliphatic heterocycles. The summed E-state index contributed by atoms with van der Waals surface area (Å²) in [4.78, 5) is 0.219. The van der Waals surface area contributed by atoms with Crippen molar-refractivity contribution in [2.45, 2.75) is 24.7 Å². The summed E-state index contributed by atoms with van der Waals surface area (Å²) in [6.07, 6.45) is 1.77. The number of ether oxygens (including phenoxy) is 1. The predicted octanol–water partition coefficient (Wildman–Crippen LogP) is 1.91. The summed E-state index contributed by atoms with van der Waals surface area (Å²) >= 11 is 0. The molecule has 1 aliphatic rings. The zero-order valence-corrected chi connectivity index (χ0v) is 13.2. The van der Waals surface area contributed by atoms with E-state index in [1.54, 1.807) is 26.1 Å². The molecular formula is C15H20N2O3S. The molecule has 1 aromatic carbocycles. The van der Waals surface area contributed by atoms with E-state index in [1.165, 1.54) is 10.4 Å². The van der Waals surface area contributed by atoms with Crippen LogP contribution in [0.4, 0.5) is 0 Å². The van der Waals surface area contributed by atoms with Gasteiger partial charge < -0.3 is 4.74 Å². The van der Waals surface area contributed by atoms with E-state index in [1.807, 2.05) is 6.07 Å². The summed E-state index contributed by atoms with van der Waals surface area (Å²) in [5.41, 5.74) is 1.02. The van der Waals surface area contributed by atoms with Crippen molar-refractivity contribution in [1.29, 1.82) is 5.26 Å². The first-order valence-electron chi connectivity index (χ1n) is 7.00. The van der Waals surface area contributed by atoms with E-state index < -0.39 is 10.0 Å². The van der Waals surface area contributed by atoms with Crippen molar-refractivity contribution in [3.8, 4) is 6.07 Å². The maximum Gasteiger partial charge on any atom is 0.243 e. The molecule has 0 radical (unpaired) electrons. The number of hydrogen-bond donors (Lipinski definition) is 0. The van der Waals surface area contributed by atoms with Crippen molar-refractivity contribution >= 4 is 10.0 Å². The van der Waals surface area contributed by atoms with Gasteiger partial charge in [0.2, 0.25) is 10.0 Å². The fraction of sp³-hybridized carbons (Fsp3) is 0.533. The highest BCUT2D eigenvalue weighted by molar-refractivity contribution is 7.89. The molecule has 2 rings (SSSR count). The molecule has 5 nitrogen and oxygen atoms in total. The minimum atomic E-state index is -3.56. The van der Waals surface area contributed by atoms with E-state index in [9.17, 15) is 8.42 Å². The molecule has 6 heteroatoms. The number of nitriles is 1. The molecule has 21 heavy (non-hydrogen) atoms. The summed E-state index contributed by atoms with van der Waals surface area (Å²) in [5, 5.41) is 8.95. The van der Waals surface area contributed by atoms with Gasteiger partial charge in [-0.1, -0.05) is 6.07 Å². The minimum absolute atomic E-state index is 0.219. The van der Waals surface area contributed by atoms with Crippen molar-refractivity contribution in [2.75, 3.05) is 26.8 Å². The lowest BCUT2D eigenvalue weighted by molar-refractivity contribution is 0.0620. The van der Waals surface area contributed by atoms with E-state index in [-0.39, 0.29) is 4.90 Å². The Labute approximate surface area is 126 Å². The summed E-state index contributed by atoms with van der Waals surface area (Å²) in [6.45, 7) is 3.63. The van der Waals surface area contributed by atoms with E-state index in [0.29, 0.717) is 36.8 Å². The molecule has 1 saturated heterocycles. The first-order chi connectivity index (χ1) is 9.95. The predicted molar refractivity (Wildman–Crippen MR) is 79.3 cm³/mol. The highest BCUT2D eigenvalue weighted by Crippen LogP contribution is 2.23. The second-order valence-corrected chi connectivity index (χ2v) is 7.45. The molecule has 0 atom stereocenters. The number of nitrogens with zero attached hydrogens (tertiary/aromatic N) is 2. The van der Waals surface area contributed by atoms with Crippen LogP contribution in [0.15, 0.2) is 23.1 Å². The van der Waals surface area contributed by atoms with Crippen molar-refractivity contribution in [1.82, 2.24) is 4.31 Å². The summed E-state index contributed by atoms with van der Waals surface area (Å²) in [5.74, 6) is 0.331. The van der Waals surface area contributed by atoms with Crippen LogP contribution in [0.2, 0.25) is 0 Å². The van der Waals surface area contributed by atoms with Gasteiger partial charge >= 0.3 is 0 Å². The lowest BCUT2D eigenvalue weighted by Crippen LogP contribution is -2.34. The minimum Gasteiger partial charge on any atom is -0.381 e. The van der Waals surface area contributed by atoms with Crippen LogP contribution in [0.25, 0.3) is 0 Å². The van der Waals surface area contributed by atoms with Gasteiger partial charge in [-0.15, -0.1) is 0 Å². The Morgan fingerprint density at radius 3 is 2.67 bits per heavy atom. The Kier molecular flexibility index (Phi) is 4.99. The molecule has 0 spiro atoms. The first kappa shape index (κ1) is 16.0. The molecular weight excluding hydrogens is 288 g/mol. The Bertz CT molecular complexity index is 643. The topological polar surface area (TPSA) is 70.4 Å². The molecule has 1 aromatic rings. The molecule has 0 amide bonds. The smallest absolute Gasteiger partial charge is 0.243 e. The highest BCUT2D eigenvalue weighted by Gasteiger charge is 2.26. The molecule has 0 bridgehead atoms. The van der Waals surface area contributed by atoms with Gasteiger partial charge in [0, 0.05) is 26.8 Å². The maximum absolute atomic E-state index is 12.7. The molecule has 0 saturated carbocycles. The van der Waals surface area contributed by atoms with Crippen molar-refractivity contribution in [2.24, 2.45) is 5.92 Å². The zero-order chi connectivity index (χ0) is 15.5. The Hall–Kier alpha value is -1.42. The molecule has 0 aliphatic carbocycles. The van der Waals surface area contributed by atoms with Gasteiger partial charge in [0.15, 0.2) is 0 Å². The second-order valence-electron chi connectivity index (χ2n) is 5.43. The van der Waals surface area contributed by atoms with Crippen LogP contribution >= 0.6 is 0 Å². The van der Waals surface area contributed by atoms with Crippen LogP contribution in [0.1, 0.15) is 24.0 Å². The number of aryl methyl sites for hydroxylation is 1. The molecule has 0 N–H and O–H groups in total. The first-order valence-corrected chi connectivity index (χ1v) is 8.44. The second kappa shape index (κ2) is 6.56. The van der Waals surface area contributed by atoms with Gasteiger partial charge in [0.25, 0.3) is 0 Å². The number of benzene rings is 1. The van der Waals surface area contributed by atoms with Crippen molar-refractivity contribution < 1.29 is 13.2 Å². The Morgan fingerprint density at radius 2 is 2.05 bits per heavy atom. The quantitative estimate of drug-likeness (QED) is 0.852. The molecule has 1 heterocycles. The zero-order valence-electron chi connectivity index (χ0n) is 12.4. The van der Waals surface area contributed by atoms with E-state index in [0.717, 1.165) is 12.8 Å². The van der Waals surface area contributed by atoms with Gasteiger partial charge in [0.1, 0.15) is 0 Å². The Morgan fingerprint density at radius 1 is 1.38 bits per heavy atom. The third kappa shape index (κ3) is 3.62. The third-order valence-corrected chi connectivity index (χ3v) is 5.83. The fourth-order valence-electron chi connectivity index (χ4n) is 2.51. The van der Waals surface area contributed by atoms with Crippen LogP contribution in [-0.4, -0.2) is 39.5 Å². The summed E-state index contributed by atoms with van der Waals surface area (Å²) in [7, 11) is -1.96. The number of sulfonamides is 1.